The maximum atomic E-state index is 12.5. The number of hydrogen-bond acceptors (Lipinski definition) is 8. The van der Waals surface area contributed by atoms with E-state index in [4.69, 9.17) is 0 Å². The van der Waals surface area contributed by atoms with E-state index in [1.165, 1.54) is 24.3 Å². The molecule has 12 heteroatoms. The molecule has 0 spiro atoms. The van der Waals surface area contributed by atoms with Gasteiger partial charge in [-0.1, -0.05) is 24.3 Å². The van der Waals surface area contributed by atoms with E-state index in [9.17, 15) is 29.3 Å². The Balaban J connectivity index is 1.39. The van der Waals surface area contributed by atoms with Crippen LogP contribution in [0.2, 0.25) is 0 Å². The lowest BCUT2D eigenvalue weighted by Gasteiger charge is -2.12. The number of benzene rings is 2. The molecule has 3 aromatic rings. The zero-order chi connectivity index (χ0) is 24.4. The molecule has 0 saturated carbocycles. The fourth-order valence-corrected chi connectivity index (χ4v) is 4.06. The van der Waals surface area contributed by atoms with Crippen molar-refractivity contribution in [3.63, 3.8) is 0 Å². The Morgan fingerprint density at radius 1 is 1.09 bits per heavy atom. The Labute approximate surface area is 196 Å². The largest absolute Gasteiger partial charge is 0.352 e. The van der Waals surface area contributed by atoms with Crippen LogP contribution in [0.3, 0.4) is 0 Å². The van der Waals surface area contributed by atoms with Crippen LogP contribution in [0.15, 0.2) is 47.8 Å². The van der Waals surface area contributed by atoms with Crippen molar-refractivity contribution in [1.82, 2.24) is 15.2 Å². The van der Waals surface area contributed by atoms with Crippen LogP contribution in [-0.2, 0) is 16.1 Å². The minimum Gasteiger partial charge on any atom is -0.352 e. The predicted octanol–water partition coefficient (Wildman–Crippen LogP) is 2.59. The molecule has 0 radical (unpaired) electrons. The Bertz CT molecular complexity index is 1330. The highest BCUT2D eigenvalue weighted by Gasteiger charge is 2.37. The fraction of sp³-hybridized carbons (Fsp3) is 0.136. The summed E-state index contributed by atoms with van der Waals surface area (Å²) < 4.78 is 0. The lowest BCUT2D eigenvalue weighted by Crippen LogP contribution is -2.37. The van der Waals surface area contributed by atoms with E-state index in [0.717, 1.165) is 28.2 Å². The van der Waals surface area contributed by atoms with E-state index in [2.05, 4.69) is 15.6 Å². The zero-order valence-electron chi connectivity index (χ0n) is 17.7. The molecule has 0 aliphatic carbocycles. The molecule has 34 heavy (non-hydrogen) atoms. The molecule has 4 rings (SSSR count). The third kappa shape index (κ3) is 4.66. The maximum absolute atomic E-state index is 12.5. The quantitative estimate of drug-likeness (QED) is 0.300. The van der Waals surface area contributed by atoms with Crippen molar-refractivity contribution in [3.05, 3.63) is 74.6 Å². The molecule has 2 N–H and O–H groups in total. The van der Waals surface area contributed by atoms with E-state index in [-0.39, 0.29) is 27.9 Å². The second-order valence-electron chi connectivity index (χ2n) is 7.38. The smallest absolute Gasteiger partial charge is 0.270 e. The first-order valence-electron chi connectivity index (χ1n) is 9.96. The summed E-state index contributed by atoms with van der Waals surface area (Å²) in [6.45, 7) is 1.31. The topological polar surface area (TPSA) is 152 Å². The fourth-order valence-electron chi connectivity index (χ4n) is 3.32. The van der Waals surface area contributed by atoms with Crippen LogP contribution >= 0.6 is 11.3 Å². The van der Waals surface area contributed by atoms with Crippen molar-refractivity contribution in [1.29, 1.82) is 0 Å². The van der Waals surface area contributed by atoms with Gasteiger partial charge in [0, 0.05) is 36.5 Å². The van der Waals surface area contributed by atoms with E-state index in [1.54, 1.807) is 5.38 Å². The summed E-state index contributed by atoms with van der Waals surface area (Å²) in [5.41, 5.74) is 1.95. The van der Waals surface area contributed by atoms with E-state index in [1.807, 2.05) is 24.3 Å². The molecular formula is C22H17N5O6S. The third-order valence-corrected chi connectivity index (χ3v) is 5.77. The van der Waals surface area contributed by atoms with Crippen molar-refractivity contribution < 1.29 is 24.1 Å². The summed E-state index contributed by atoms with van der Waals surface area (Å²) in [6.07, 6.45) is 0. The van der Waals surface area contributed by atoms with Crippen LogP contribution < -0.4 is 10.6 Å². The van der Waals surface area contributed by atoms with Gasteiger partial charge in [0.2, 0.25) is 11.8 Å². The van der Waals surface area contributed by atoms with Gasteiger partial charge in [0.1, 0.15) is 6.54 Å². The standard InChI is InChI=1S/C22H17N5O6S/c1-12(28)23-9-13-2-4-14(5-3-13)18-11-34-22(24-18)25-19(29)10-26-20(30)16-7-6-15(27(32)33)8-17(16)21(26)31/h2-8,11H,9-10H2,1H3,(H,23,28)(H,24,25,29). The lowest BCUT2D eigenvalue weighted by molar-refractivity contribution is -0.384. The van der Waals surface area contributed by atoms with Gasteiger partial charge in [-0.05, 0) is 11.6 Å². The molecule has 0 atom stereocenters. The van der Waals surface area contributed by atoms with E-state index < -0.39 is 29.2 Å². The van der Waals surface area contributed by atoms with Gasteiger partial charge in [-0.3, -0.25) is 34.2 Å². The van der Waals surface area contributed by atoms with Gasteiger partial charge in [-0.15, -0.1) is 11.3 Å². The summed E-state index contributed by atoms with van der Waals surface area (Å²) in [5.74, 6) is -2.20. The SMILES string of the molecule is CC(=O)NCc1ccc(-c2csc(NC(=O)CN3C(=O)c4ccc([N+](=O)[O-])cc4C3=O)n2)cc1. The van der Waals surface area contributed by atoms with Crippen molar-refractivity contribution in [3.8, 4) is 11.3 Å². The number of thiazole rings is 1. The molecule has 1 aliphatic heterocycles. The average molecular weight is 479 g/mol. The van der Waals surface area contributed by atoms with Gasteiger partial charge in [-0.2, -0.15) is 0 Å². The molecule has 0 unspecified atom stereocenters. The number of carbonyl (C=O) groups excluding carboxylic acids is 4. The van der Waals surface area contributed by atoms with E-state index >= 15 is 0 Å². The van der Waals surface area contributed by atoms with Crippen molar-refractivity contribution >= 4 is 45.8 Å². The van der Waals surface area contributed by atoms with Gasteiger partial charge >= 0.3 is 0 Å². The third-order valence-electron chi connectivity index (χ3n) is 5.01. The highest BCUT2D eigenvalue weighted by molar-refractivity contribution is 7.14. The first kappa shape index (κ1) is 22.7. The predicted molar refractivity (Wildman–Crippen MR) is 122 cm³/mol. The van der Waals surface area contributed by atoms with Crippen molar-refractivity contribution in [2.24, 2.45) is 0 Å². The number of nitro groups is 1. The van der Waals surface area contributed by atoms with E-state index in [0.29, 0.717) is 12.2 Å². The number of nitrogens with zero attached hydrogens (tertiary/aromatic N) is 3. The number of rotatable bonds is 7. The molecule has 0 saturated heterocycles. The summed E-state index contributed by atoms with van der Waals surface area (Å²) in [4.78, 5) is 63.9. The number of anilines is 1. The molecule has 2 aromatic carbocycles. The van der Waals surface area contributed by atoms with Crippen molar-refractivity contribution in [2.45, 2.75) is 13.5 Å². The Kier molecular flexibility index (Phi) is 6.15. The van der Waals surface area contributed by atoms with Crippen molar-refractivity contribution in [2.75, 3.05) is 11.9 Å². The number of carbonyl (C=O) groups is 4. The Morgan fingerprint density at radius 2 is 1.79 bits per heavy atom. The molecule has 0 bridgehead atoms. The maximum Gasteiger partial charge on any atom is 0.270 e. The number of fused-ring (bicyclic) bond motifs is 1. The number of aromatic nitrogens is 1. The number of hydrogen-bond donors (Lipinski definition) is 2. The van der Waals surface area contributed by atoms with Gasteiger partial charge in [0.05, 0.1) is 21.7 Å². The highest BCUT2D eigenvalue weighted by atomic mass is 32.1. The molecule has 2 heterocycles. The molecule has 0 fully saturated rings. The van der Waals surface area contributed by atoms with Crippen LogP contribution in [0.1, 0.15) is 33.2 Å². The number of nitrogens with one attached hydrogen (secondary N) is 2. The van der Waals surface area contributed by atoms with Gasteiger partial charge in [-0.25, -0.2) is 4.98 Å². The van der Waals surface area contributed by atoms with Gasteiger partial charge < -0.3 is 10.6 Å². The van der Waals surface area contributed by atoms with Gasteiger partial charge in [0.15, 0.2) is 5.13 Å². The van der Waals surface area contributed by atoms with Crippen LogP contribution in [0.4, 0.5) is 10.8 Å². The number of non-ortho nitro benzene ring substituents is 1. The summed E-state index contributed by atoms with van der Waals surface area (Å²) in [5, 5.41) is 18.3. The second kappa shape index (κ2) is 9.19. The van der Waals surface area contributed by atoms with Gasteiger partial charge in [0.25, 0.3) is 17.5 Å². The minimum atomic E-state index is -0.766. The summed E-state index contributed by atoms with van der Waals surface area (Å²) >= 11 is 1.18. The molecule has 4 amide bonds. The Morgan fingerprint density at radius 3 is 2.47 bits per heavy atom. The number of imide groups is 1. The second-order valence-corrected chi connectivity index (χ2v) is 8.23. The highest BCUT2D eigenvalue weighted by Crippen LogP contribution is 2.28. The molecular weight excluding hydrogens is 462 g/mol. The lowest BCUT2D eigenvalue weighted by atomic mass is 10.1. The number of nitro benzene ring substituents is 1. The van der Waals surface area contributed by atoms with Crippen LogP contribution in [0.5, 0.6) is 0 Å². The van der Waals surface area contributed by atoms with Crippen LogP contribution in [-0.4, -0.2) is 45.0 Å². The minimum absolute atomic E-state index is 0.0156. The van der Waals surface area contributed by atoms with Crippen LogP contribution in [0, 0.1) is 10.1 Å². The Hall–Kier alpha value is -4.45. The summed E-state index contributed by atoms with van der Waals surface area (Å²) in [6, 6.07) is 10.8. The molecule has 172 valence electrons. The molecule has 11 nitrogen and oxygen atoms in total. The first-order valence-corrected chi connectivity index (χ1v) is 10.8. The molecule has 1 aromatic heterocycles. The first-order chi connectivity index (χ1) is 16.2. The zero-order valence-corrected chi connectivity index (χ0v) is 18.5. The number of amides is 4. The molecule has 1 aliphatic rings. The normalized spacial score (nSPS) is 12.4. The average Bonchev–Trinajstić information content (AvgIpc) is 3.36. The van der Waals surface area contributed by atoms with Crippen LogP contribution in [0.25, 0.3) is 11.3 Å². The summed E-state index contributed by atoms with van der Waals surface area (Å²) in [7, 11) is 0. The monoisotopic (exact) mass is 479 g/mol.